The van der Waals surface area contributed by atoms with Crippen LogP contribution >= 0.6 is 0 Å². The van der Waals surface area contributed by atoms with Crippen molar-refractivity contribution in [3.63, 3.8) is 0 Å². The summed E-state index contributed by atoms with van der Waals surface area (Å²) in [4.78, 5) is 0. The third-order valence-corrected chi connectivity index (χ3v) is 8.70. The fourth-order valence-corrected chi connectivity index (χ4v) is 6.86. The first-order chi connectivity index (χ1) is 25.2. The topological polar surface area (TPSA) is 26.3 Å². The molecule has 10 rings (SSSR count). The molecule has 2 heteroatoms. The van der Waals surface area contributed by atoms with Gasteiger partial charge in [0.2, 0.25) is 0 Å². The first-order valence-electron chi connectivity index (χ1n) is 18.4. The molecule has 0 amide bonds. The van der Waals surface area contributed by atoms with Crippen LogP contribution in [0, 0.1) is 0 Å². The van der Waals surface area contributed by atoms with E-state index in [2.05, 4.69) is 0 Å². The van der Waals surface area contributed by atoms with Crippen molar-refractivity contribution in [1.82, 2.24) is 0 Å². The van der Waals surface area contributed by atoms with Crippen molar-refractivity contribution < 1.29 is 19.8 Å². The second-order valence-corrected chi connectivity index (χ2v) is 11.0. The third kappa shape index (κ3) is 3.20. The average Bonchev–Trinajstić information content (AvgIpc) is 3.74. The highest BCUT2D eigenvalue weighted by molar-refractivity contribution is 6.27. The Bertz CT molecular complexity index is 3140. The molecular formula is C42H24O2. The van der Waals surface area contributed by atoms with E-state index in [0.29, 0.717) is 33.4 Å². The van der Waals surface area contributed by atoms with E-state index in [4.69, 9.17) is 14.3 Å². The van der Waals surface area contributed by atoms with Crippen molar-refractivity contribution in [1.29, 1.82) is 0 Å². The molecule has 8 aromatic carbocycles. The van der Waals surface area contributed by atoms with Gasteiger partial charge in [0.1, 0.15) is 22.3 Å². The molecule has 0 unspecified atom stereocenters. The van der Waals surface area contributed by atoms with Gasteiger partial charge in [0.25, 0.3) is 0 Å². The van der Waals surface area contributed by atoms with Crippen molar-refractivity contribution >= 4 is 76.2 Å². The molecule has 44 heavy (non-hydrogen) atoms. The lowest BCUT2D eigenvalue weighted by Crippen LogP contribution is -1.91. The molecule has 0 bridgehead atoms. The van der Waals surface area contributed by atoms with Gasteiger partial charge in [0.05, 0.1) is 11.0 Å². The minimum absolute atomic E-state index is 0.164. The van der Waals surface area contributed by atoms with Crippen LogP contribution in [0.3, 0.4) is 0 Å². The smallest absolute Gasteiger partial charge is 0.136 e. The molecule has 10 aromatic rings. The van der Waals surface area contributed by atoms with E-state index in [-0.39, 0.29) is 51.3 Å². The van der Waals surface area contributed by atoms with Gasteiger partial charge in [0, 0.05) is 21.5 Å². The Hall–Kier alpha value is -5.86. The van der Waals surface area contributed by atoms with Crippen LogP contribution in [0.5, 0.6) is 0 Å². The van der Waals surface area contributed by atoms with Gasteiger partial charge in [-0.15, -0.1) is 0 Å². The fraction of sp³-hybridized carbons (Fsp3) is 0. The zero-order valence-electron chi connectivity index (χ0n) is 31.1. The molecule has 0 spiro atoms. The van der Waals surface area contributed by atoms with Crippen LogP contribution < -0.4 is 0 Å². The van der Waals surface area contributed by atoms with Crippen molar-refractivity contribution in [3.8, 4) is 22.3 Å². The van der Waals surface area contributed by atoms with Crippen LogP contribution in [-0.2, 0) is 0 Å². The number of benzene rings is 8. The van der Waals surface area contributed by atoms with Gasteiger partial charge >= 0.3 is 0 Å². The molecule has 0 aliphatic heterocycles. The van der Waals surface area contributed by atoms with Crippen LogP contribution in [0.2, 0.25) is 0 Å². The summed E-state index contributed by atoms with van der Waals surface area (Å²) in [7, 11) is 0. The summed E-state index contributed by atoms with van der Waals surface area (Å²) in [5.41, 5.74) is 4.34. The molecule has 2 nitrogen and oxygen atoms in total. The standard InChI is InChI=1S/C42H24O2/c1-2-12-27-25(10-1)11-9-18-28(27)40-31-15-5-3-13-29(31)39(30-14-4-6-16-32(30)40)26-20-21-36-34(24-26)42-38(44-36)23-22-37-41(42)33-17-7-8-19-35(33)43-37/h1-24H/i3D,4D,5D,6D,13D,14D,15D,16D. The Labute approximate surface area is 263 Å². The van der Waals surface area contributed by atoms with Crippen molar-refractivity contribution in [3.05, 3.63) is 145 Å². The largest absolute Gasteiger partial charge is 0.456 e. The highest BCUT2D eigenvalue weighted by atomic mass is 16.3. The molecule has 0 aliphatic rings. The Morgan fingerprint density at radius 2 is 0.955 bits per heavy atom. The van der Waals surface area contributed by atoms with E-state index >= 15 is 0 Å². The highest BCUT2D eigenvalue weighted by Crippen LogP contribution is 2.47. The molecule has 0 saturated carbocycles. The summed E-state index contributed by atoms with van der Waals surface area (Å²) in [6.45, 7) is 0. The zero-order chi connectivity index (χ0) is 35.7. The second-order valence-electron chi connectivity index (χ2n) is 11.0. The summed E-state index contributed by atoms with van der Waals surface area (Å²) in [5.74, 6) is 0. The highest BCUT2D eigenvalue weighted by Gasteiger charge is 2.20. The molecule has 0 atom stereocenters. The maximum atomic E-state index is 9.36. The van der Waals surface area contributed by atoms with E-state index < -0.39 is 24.2 Å². The SMILES string of the molecule is [2H]c1c([2H])c([2H])c2c(-c3cccc4ccccc34)c3c([2H])c([2H])c([2H])c([2H])c3c(-c3ccc4oc5ccc6oc7ccccc7c6c5c4c3)c2c1[2H]. The van der Waals surface area contributed by atoms with Crippen LogP contribution in [0.4, 0.5) is 0 Å². The molecule has 0 radical (unpaired) electrons. The summed E-state index contributed by atoms with van der Waals surface area (Å²) in [5, 5.41) is 5.66. The summed E-state index contributed by atoms with van der Waals surface area (Å²) >= 11 is 0. The Morgan fingerprint density at radius 3 is 1.68 bits per heavy atom. The molecule has 0 saturated heterocycles. The lowest BCUT2D eigenvalue weighted by Gasteiger charge is -2.18. The van der Waals surface area contributed by atoms with Gasteiger partial charge in [-0.2, -0.15) is 0 Å². The zero-order valence-corrected chi connectivity index (χ0v) is 23.1. The molecule has 2 heterocycles. The maximum Gasteiger partial charge on any atom is 0.136 e. The second kappa shape index (κ2) is 8.82. The number of fused-ring (bicyclic) bond motifs is 10. The van der Waals surface area contributed by atoms with E-state index in [1.54, 1.807) is 12.1 Å². The first-order valence-corrected chi connectivity index (χ1v) is 14.4. The predicted molar refractivity (Wildman–Crippen MR) is 184 cm³/mol. The normalized spacial score (nSPS) is 14.6. The Kier molecular flexibility index (Phi) is 3.47. The lowest BCUT2D eigenvalue weighted by molar-refractivity contribution is 0.663. The van der Waals surface area contributed by atoms with E-state index in [1.807, 2.05) is 84.9 Å². The molecule has 0 N–H and O–H groups in total. The van der Waals surface area contributed by atoms with Crippen LogP contribution in [-0.4, -0.2) is 0 Å². The number of hydrogen-bond donors (Lipinski definition) is 0. The molecular weight excluding hydrogens is 536 g/mol. The molecule has 204 valence electrons. The fourth-order valence-electron chi connectivity index (χ4n) is 6.86. The van der Waals surface area contributed by atoms with Crippen LogP contribution in [0.1, 0.15) is 11.0 Å². The van der Waals surface area contributed by atoms with Crippen molar-refractivity contribution in [2.24, 2.45) is 0 Å². The molecule has 2 aromatic heterocycles. The summed E-state index contributed by atoms with van der Waals surface area (Å²) < 4.78 is 85.1. The van der Waals surface area contributed by atoms with Gasteiger partial charge in [-0.25, -0.2) is 0 Å². The Balaban J connectivity index is 1.46. The number of para-hydroxylation sites is 1. The van der Waals surface area contributed by atoms with Gasteiger partial charge in [-0.3, -0.25) is 0 Å². The minimum Gasteiger partial charge on any atom is -0.456 e. The number of hydrogen-bond acceptors (Lipinski definition) is 2. The summed E-state index contributed by atoms with van der Waals surface area (Å²) in [6, 6.07) is 27.2. The maximum absolute atomic E-state index is 9.36. The summed E-state index contributed by atoms with van der Waals surface area (Å²) in [6.07, 6.45) is 0. The van der Waals surface area contributed by atoms with Gasteiger partial charge in [0.15, 0.2) is 0 Å². The van der Waals surface area contributed by atoms with Crippen LogP contribution in [0.25, 0.3) is 98.4 Å². The molecule has 0 aliphatic carbocycles. The van der Waals surface area contributed by atoms with Gasteiger partial charge in [-0.1, -0.05) is 115 Å². The van der Waals surface area contributed by atoms with Gasteiger partial charge < -0.3 is 8.83 Å². The lowest BCUT2D eigenvalue weighted by atomic mass is 9.84. The number of furan rings is 2. The predicted octanol–water partition coefficient (Wildman–Crippen LogP) is 12.3. The van der Waals surface area contributed by atoms with E-state index in [1.165, 1.54) is 0 Å². The third-order valence-electron chi connectivity index (χ3n) is 8.70. The van der Waals surface area contributed by atoms with Gasteiger partial charge in [-0.05, 0) is 84.9 Å². The Morgan fingerprint density at radius 1 is 0.409 bits per heavy atom. The molecule has 0 fully saturated rings. The van der Waals surface area contributed by atoms with E-state index in [9.17, 15) is 5.48 Å². The number of rotatable bonds is 2. The van der Waals surface area contributed by atoms with Crippen LogP contribution in [0.15, 0.2) is 154 Å². The average molecular weight is 569 g/mol. The quantitative estimate of drug-likeness (QED) is 0.194. The monoisotopic (exact) mass is 568 g/mol. The van der Waals surface area contributed by atoms with Crippen molar-refractivity contribution in [2.45, 2.75) is 0 Å². The van der Waals surface area contributed by atoms with Crippen molar-refractivity contribution in [2.75, 3.05) is 0 Å². The first kappa shape index (κ1) is 17.3. The minimum atomic E-state index is -0.441. The van der Waals surface area contributed by atoms with E-state index in [0.717, 1.165) is 37.9 Å².